The fourth-order valence-corrected chi connectivity index (χ4v) is 1.87. The van der Waals surface area contributed by atoms with Crippen LogP contribution in [0, 0.1) is 0 Å². The Labute approximate surface area is 122 Å². The second-order valence-corrected chi connectivity index (χ2v) is 4.66. The van der Waals surface area contributed by atoms with Gasteiger partial charge in [-0.05, 0) is 23.3 Å². The summed E-state index contributed by atoms with van der Waals surface area (Å²) in [5, 5.41) is 18.7. The Morgan fingerprint density at radius 2 is 1.86 bits per heavy atom. The molecular formula is C16H17NO4. The maximum atomic E-state index is 10.8. The van der Waals surface area contributed by atoms with Gasteiger partial charge in [0, 0.05) is 0 Å². The minimum Gasteiger partial charge on any atom is -0.489 e. The van der Waals surface area contributed by atoms with Crippen LogP contribution >= 0.6 is 0 Å². The Bertz CT molecular complexity index is 600. The highest BCUT2D eigenvalue weighted by Gasteiger charge is 2.23. The van der Waals surface area contributed by atoms with Crippen molar-refractivity contribution in [2.45, 2.75) is 18.8 Å². The van der Waals surface area contributed by atoms with E-state index in [0.717, 1.165) is 5.56 Å². The second-order valence-electron chi connectivity index (χ2n) is 4.66. The van der Waals surface area contributed by atoms with E-state index < -0.39 is 18.1 Å². The Morgan fingerprint density at radius 1 is 1.14 bits per heavy atom. The van der Waals surface area contributed by atoms with Gasteiger partial charge in [-0.15, -0.1) is 0 Å². The van der Waals surface area contributed by atoms with Crippen molar-refractivity contribution >= 4 is 5.97 Å². The molecule has 0 aliphatic rings. The molecule has 0 aliphatic carbocycles. The zero-order chi connectivity index (χ0) is 15.2. The van der Waals surface area contributed by atoms with Crippen LogP contribution in [0.3, 0.4) is 0 Å². The molecule has 0 aliphatic heterocycles. The molecule has 2 rings (SSSR count). The summed E-state index contributed by atoms with van der Waals surface area (Å²) >= 11 is 0. The van der Waals surface area contributed by atoms with Gasteiger partial charge in [0.25, 0.3) is 0 Å². The zero-order valence-electron chi connectivity index (χ0n) is 11.3. The van der Waals surface area contributed by atoms with Crippen LogP contribution in [0.2, 0.25) is 0 Å². The van der Waals surface area contributed by atoms with Crippen molar-refractivity contribution in [1.82, 2.24) is 0 Å². The van der Waals surface area contributed by atoms with Crippen LogP contribution in [-0.2, 0) is 11.4 Å². The number of carboxylic acid groups (broad SMARTS) is 1. The first-order valence-electron chi connectivity index (χ1n) is 6.51. The lowest BCUT2D eigenvalue weighted by Crippen LogP contribution is -2.36. The number of hydrogen-bond donors (Lipinski definition) is 3. The van der Waals surface area contributed by atoms with Crippen molar-refractivity contribution in [2.75, 3.05) is 0 Å². The maximum Gasteiger partial charge on any atom is 0.323 e. The minimum atomic E-state index is -1.37. The first kappa shape index (κ1) is 15.0. The first-order valence-corrected chi connectivity index (χ1v) is 6.51. The molecule has 0 saturated heterocycles. The van der Waals surface area contributed by atoms with Crippen LogP contribution in [0.25, 0.3) is 0 Å². The highest BCUT2D eigenvalue weighted by molar-refractivity contribution is 5.74. The number of aliphatic hydroxyl groups is 1. The molecule has 0 bridgehead atoms. The average Bonchev–Trinajstić information content (AvgIpc) is 2.52. The Hall–Kier alpha value is -2.37. The molecule has 0 spiro atoms. The van der Waals surface area contributed by atoms with Gasteiger partial charge in [-0.25, -0.2) is 0 Å². The number of hydrogen-bond acceptors (Lipinski definition) is 4. The summed E-state index contributed by atoms with van der Waals surface area (Å²) in [6.45, 7) is 0.394. The predicted molar refractivity (Wildman–Crippen MR) is 77.8 cm³/mol. The van der Waals surface area contributed by atoms with E-state index in [1.165, 1.54) is 0 Å². The van der Waals surface area contributed by atoms with Gasteiger partial charge < -0.3 is 20.7 Å². The van der Waals surface area contributed by atoms with E-state index in [2.05, 4.69) is 0 Å². The highest BCUT2D eigenvalue weighted by atomic mass is 16.5. The third kappa shape index (κ3) is 4.05. The molecule has 0 fully saturated rings. The van der Waals surface area contributed by atoms with Crippen LogP contribution < -0.4 is 10.5 Å². The van der Waals surface area contributed by atoms with Gasteiger partial charge in [0.2, 0.25) is 0 Å². The molecule has 5 heteroatoms. The van der Waals surface area contributed by atoms with Crippen molar-refractivity contribution in [3.8, 4) is 5.75 Å². The minimum absolute atomic E-state index is 0.394. The Kier molecular flexibility index (Phi) is 4.92. The van der Waals surface area contributed by atoms with Crippen molar-refractivity contribution in [2.24, 2.45) is 5.73 Å². The molecule has 2 aromatic carbocycles. The average molecular weight is 287 g/mol. The van der Waals surface area contributed by atoms with Gasteiger partial charge in [-0.3, -0.25) is 4.79 Å². The molecule has 0 radical (unpaired) electrons. The number of aliphatic carboxylic acids is 1. The van der Waals surface area contributed by atoms with E-state index in [1.807, 2.05) is 30.3 Å². The Morgan fingerprint density at radius 3 is 2.52 bits per heavy atom. The van der Waals surface area contributed by atoms with Crippen LogP contribution in [0.15, 0.2) is 54.6 Å². The molecule has 0 aromatic heterocycles. The zero-order valence-corrected chi connectivity index (χ0v) is 11.3. The second kappa shape index (κ2) is 6.88. The summed E-state index contributed by atoms with van der Waals surface area (Å²) in [6, 6.07) is 14.9. The largest absolute Gasteiger partial charge is 0.489 e. The molecule has 21 heavy (non-hydrogen) atoms. The van der Waals surface area contributed by atoms with Crippen molar-refractivity contribution in [3.63, 3.8) is 0 Å². The number of aliphatic hydroxyl groups excluding tert-OH is 1. The molecule has 2 aromatic rings. The van der Waals surface area contributed by atoms with Gasteiger partial charge in [0.1, 0.15) is 24.5 Å². The predicted octanol–water partition coefficient (Wildman–Crippen LogP) is 1.71. The highest BCUT2D eigenvalue weighted by Crippen LogP contribution is 2.22. The molecule has 5 nitrogen and oxygen atoms in total. The number of nitrogens with two attached hydrogens (primary N) is 1. The van der Waals surface area contributed by atoms with Crippen LogP contribution in [0.5, 0.6) is 5.75 Å². The third-order valence-electron chi connectivity index (χ3n) is 3.07. The van der Waals surface area contributed by atoms with Gasteiger partial charge in [-0.2, -0.15) is 0 Å². The summed E-state index contributed by atoms with van der Waals surface area (Å²) in [6.07, 6.45) is -1.28. The van der Waals surface area contributed by atoms with Crippen LogP contribution in [0.4, 0.5) is 0 Å². The number of rotatable bonds is 6. The summed E-state index contributed by atoms with van der Waals surface area (Å²) in [7, 11) is 0. The lowest BCUT2D eigenvalue weighted by atomic mass is 10.0. The van der Waals surface area contributed by atoms with E-state index >= 15 is 0 Å². The molecule has 0 unspecified atom stereocenters. The van der Waals surface area contributed by atoms with E-state index in [4.69, 9.17) is 15.6 Å². The summed E-state index contributed by atoms with van der Waals surface area (Å²) in [5.41, 5.74) is 6.85. The fraction of sp³-hybridized carbons (Fsp3) is 0.188. The van der Waals surface area contributed by atoms with Gasteiger partial charge in [0.15, 0.2) is 0 Å². The van der Waals surface area contributed by atoms with Crippen LogP contribution in [-0.4, -0.2) is 22.2 Å². The molecule has 4 N–H and O–H groups in total. The molecular weight excluding hydrogens is 270 g/mol. The number of carbonyl (C=O) groups is 1. The SMILES string of the molecule is N[C@@H](C(=O)O)[C@@H](O)c1cccc(OCc2ccccc2)c1. The lowest BCUT2D eigenvalue weighted by molar-refractivity contribution is -0.141. The quantitative estimate of drug-likeness (QED) is 0.752. The normalized spacial score (nSPS) is 13.4. The molecule has 0 heterocycles. The van der Waals surface area contributed by atoms with Gasteiger partial charge in [0.05, 0.1) is 0 Å². The summed E-state index contributed by atoms with van der Waals surface area (Å²) in [4.78, 5) is 10.8. The fourth-order valence-electron chi connectivity index (χ4n) is 1.87. The number of carboxylic acids is 1. The lowest BCUT2D eigenvalue weighted by Gasteiger charge is -2.16. The third-order valence-corrected chi connectivity index (χ3v) is 3.07. The van der Waals surface area contributed by atoms with E-state index in [0.29, 0.717) is 17.9 Å². The number of benzene rings is 2. The van der Waals surface area contributed by atoms with Crippen molar-refractivity contribution in [1.29, 1.82) is 0 Å². The summed E-state index contributed by atoms with van der Waals surface area (Å²) < 4.78 is 5.62. The van der Waals surface area contributed by atoms with Gasteiger partial charge in [-0.1, -0.05) is 42.5 Å². The number of ether oxygens (including phenoxy) is 1. The van der Waals surface area contributed by atoms with E-state index in [1.54, 1.807) is 24.3 Å². The van der Waals surface area contributed by atoms with E-state index in [9.17, 15) is 9.90 Å². The maximum absolute atomic E-state index is 10.8. The summed E-state index contributed by atoms with van der Waals surface area (Å²) in [5.74, 6) is -0.703. The van der Waals surface area contributed by atoms with Crippen molar-refractivity contribution in [3.05, 3.63) is 65.7 Å². The molecule has 110 valence electrons. The topological polar surface area (TPSA) is 92.8 Å². The molecule has 0 saturated carbocycles. The standard InChI is InChI=1S/C16H17NO4/c17-14(16(19)20)15(18)12-7-4-8-13(9-12)21-10-11-5-2-1-3-6-11/h1-9,14-15,18H,10,17H2,(H,19,20)/t14-,15+/m1/s1. The Balaban J connectivity index is 2.05. The monoisotopic (exact) mass is 287 g/mol. The van der Waals surface area contributed by atoms with Gasteiger partial charge >= 0.3 is 5.97 Å². The smallest absolute Gasteiger partial charge is 0.323 e. The molecule has 2 atom stereocenters. The molecule has 0 amide bonds. The van der Waals surface area contributed by atoms with Crippen molar-refractivity contribution < 1.29 is 19.7 Å². The first-order chi connectivity index (χ1) is 10.1. The van der Waals surface area contributed by atoms with Crippen LogP contribution in [0.1, 0.15) is 17.2 Å². The van der Waals surface area contributed by atoms with E-state index in [-0.39, 0.29) is 0 Å².